The van der Waals surface area contributed by atoms with Gasteiger partial charge in [-0.1, -0.05) is 18.2 Å². The zero-order chi connectivity index (χ0) is 11.6. The first-order chi connectivity index (χ1) is 7.57. The Hall–Kier alpha value is -0.680. The van der Waals surface area contributed by atoms with Gasteiger partial charge in [0.1, 0.15) is 0 Å². The molecule has 5 heteroatoms. The smallest absolute Gasteiger partial charge is 0.314 e. The lowest BCUT2D eigenvalue weighted by Crippen LogP contribution is -2.44. The molecule has 0 radical (unpaired) electrons. The third-order valence-corrected chi connectivity index (χ3v) is 3.82. The van der Waals surface area contributed by atoms with Gasteiger partial charge in [-0.15, -0.1) is 0 Å². The molecule has 0 aromatic heterocycles. The van der Waals surface area contributed by atoms with Gasteiger partial charge in [-0.3, -0.25) is 0 Å². The van der Waals surface area contributed by atoms with E-state index in [2.05, 4.69) is 5.32 Å². The van der Waals surface area contributed by atoms with Crippen LogP contribution in [0.1, 0.15) is 11.1 Å². The average molecular weight is 247 g/mol. The van der Waals surface area contributed by atoms with Crippen molar-refractivity contribution in [2.45, 2.75) is 17.2 Å². The fourth-order valence-electron chi connectivity index (χ4n) is 1.51. The van der Waals surface area contributed by atoms with E-state index in [1.54, 1.807) is 23.9 Å². The fraction of sp³-hybridized carbons (Fsp3) is 0.455. The van der Waals surface area contributed by atoms with E-state index in [9.17, 15) is 13.2 Å². The summed E-state index contributed by atoms with van der Waals surface area (Å²) in [7, 11) is 0. The Morgan fingerprint density at radius 2 is 1.94 bits per heavy atom. The predicted molar refractivity (Wildman–Crippen MR) is 59.4 cm³/mol. The normalized spacial score (nSPS) is 17.2. The summed E-state index contributed by atoms with van der Waals surface area (Å²) < 4.78 is 37.9. The largest absolute Gasteiger partial charge is 0.416 e. The third-order valence-electron chi connectivity index (χ3n) is 2.54. The first kappa shape index (κ1) is 11.8. The minimum atomic E-state index is -4.24. The van der Waals surface area contributed by atoms with Crippen LogP contribution in [0.2, 0.25) is 0 Å². The van der Waals surface area contributed by atoms with Crippen molar-refractivity contribution in [3.05, 3.63) is 35.4 Å². The number of hydrogen-bond acceptors (Lipinski definition) is 2. The quantitative estimate of drug-likeness (QED) is 0.881. The van der Waals surface area contributed by atoms with Crippen molar-refractivity contribution >= 4 is 11.8 Å². The topological polar surface area (TPSA) is 12.0 Å². The van der Waals surface area contributed by atoms with E-state index in [4.69, 9.17) is 0 Å². The Morgan fingerprint density at radius 3 is 2.50 bits per heavy atom. The SMILES string of the molecule is FC(F)(F)c1ccccc1CSC1CNC1. The number of benzene rings is 1. The first-order valence-electron chi connectivity index (χ1n) is 5.05. The molecule has 1 aromatic carbocycles. The molecule has 0 atom stereocenters. The molecule has 1 aliphatic heterocycles. The molecule has 1 fully saturated rings. The van der Waals surface area contributed by atoms with Crippen molar-refractivity contribution in [2.24, 2.45) is 0 Å². The lowest BCUT2D eigenvalue weighted by Gasteiger charge is -2.26. The molecule has 2 rings (SSSR count). The van der Waals surface area contributed by atoms with Crippen molar-refractivity contribution in [1.29, 1.82) is 0 Å². The third kappa shape index (κ3) is 2.71. The van der Waals surface area contributed by atoms with Gasteiger partial charge in [0.25, 0.3) is 0 Å². The van der Waals surface area contributed by atoms with E-state index in [1.165, 1.54) is 6.07 Å². The number of hydrogen-bond donors (Lipinski definition) is 1. The number of thioether (sulfide) groups is 1. The van der Waals surface area contributed by atoms with Crippen LogP contribution in [0.15, 0.2) is 24.3 Å². The maximum Gasteiger partial charge on any atom is 0.416 e. The van der Waals surface area contributed by atoms with Gasteiger partial charge in [-0.2, -0.15) is 24.9 Å². The summed E-state index contributed by atoms with van der Waals surface area (Å²) in [6.45, 7) is 1.80. The summed E-state index contributed by atoms with van der Waals surface area (Å²) in [4.78, 5) is 0. The predicted octanol–water partition coefficient (Wildman–Crippen LogP) is 2.91. The van der Waals surface area contributed by atoms with E-state index in [1.807, 2.05) is 0 Å². The summed E-state index contributed by atoms with van der Waals surface area (Å²) in [6.07, 6.45) is -4.24. The molecule has 16 heavy (non-hydrogen) atoms. The Balaban J connectivity index is 2.06. The van der Waals surface area contributed by atoms with Gasteiger partial charge in [-0.25, -0.2) is 0 Å². The zero-order valence-corrected chi connectivity index (χ0v) is 9.37. The Morgan fingerprint density at radius 1 is 1.25 bits per heavy atom. The Kier molecular flexibility index (Phi) is 3.44. The summed E-state index contributed by atoms with van der Waals surface area (Å²) in [5, 5.41) is 3.56. The monoisotopic (exact) mass is 247 g/mol. The standard InChI is InChI=1S/C11H12F3NS/c12-11(13,14)10-4-2-1-3-8(10)7-16-9-5-15-6-9/h1-4,9,15H,5-7H2. The molecule has 1 aromatic rings. The van der Waals surface area contributed by atoms with Crippen LogP contribution < -0.4 is 5.32 Å². The van der Waals surface area contributed by atoms with E-state index >= 15 is 0 Å². The lowest BCUT2D eigenvalue weighted by atomic mass is 10.1. The highest BCUT2D eigenvalue weighted by atomic mass is 32.2. The summed E-state index contributed by atoms with van der Waals surface area (Å²) >= 11 is 1.58. The highest BCUT2D eigenvalue weighted by Gasteiger charge is 2.33. The molecule has 0 aliphatic carbocycles. The van der Waals surface area contributed by atoms with Crippen LogP contribution in [0.25, 0.3) is 0 Å². The van der Waals surface area contributed by atoms with E-state index < -0.39 is 11.7 Å². The van der Waals surface area contributed by atoms with Crippen LogP contribution in [0.3, 0.4) is 0 Å². The molecule has 1 aliphatic rings. The molecule has 0 saturated carbocycles. The van der Waals surface area contributed by atoms with Crippen LogP contribution in [0, 0.1) is 0 Å². The summed E-state index contributed by atoms with van der Waals surface area (Å²) in [5.74, 6) is 0.433. The summed E-state index contributed by atoms with van der Waals surface area (Å²) in [5.41, 5.74) is -0.123. The molecule has 0 spiro atoms. The van der Waals surface area contributed by atoms with Crippen LogP contribution in [-0.4, -0.2) is 18.3 Å². The van der Waals surface area contributed by atoms with E-state index in [0.29, 0.717) is 16.6 Å². The maximum atomic E-state index is 12.6. The molecule has 1 N–H and O–H groups in total. The van der Waals surface area contributed by atoms with Gasteiger partial charge in [0.15, 0.2) is 0 Å². The van der Waals surface area contributed by atoms with Crippen molar-refractivity contribution in [1.82, 2.24) is 5.32 Å². The van der Waals surface area contributed by atoms with Crippen LogP contribution in [0.4, 0.5) is 13.2 Å². The molecular weight excluding hydrogens is 235 g/mol. The van der Waals surface area contributed by atoms with Gasteiger partial charge in [0, 0.05) is 24.1 Å². The second-order valence-electron chi connectivity index (χ2n) is 3.75. The van der Waals surface area contributed by atoms with Crippen LogP contribution >= 0.6 is 11.8 Å². The van der Waals surface area contributed by atoms with Gasteiger partial charge in [0.2, 0.25) is 0 Å². The van der Waals surface area contributed by atoms with E-state index in [0.717, 1.165) is 19.2 Å². The van der Waals surface area contributed by atoms with E-state index in [-0.39, 0.29) is 0 Å². The zero-order valence-electron chi connectivity index (χ0n) is 8.55. The molecule has 1 saturated heterocycles. The van der Waals surface area contributed by atoms with Gasteiger partial charge in [-0.05, 0) is 11.6 Å². The lowest BCUT2D eigenvalue weighted by molar-refractivity contribution is -0.138. The molecule has 88 valence electrons. The van der Waals surface area contributed by atoms with Crippen LogP contribution in [-0.2, 0) is 11.9 Å². The molecule has 0 bridgehead atoms. The second kappa shape index (κ2) is 4.67. The number of alkyl halides is 3. The minimum absolute atomic E-state index is 0.381. The Bertz CT molecular complexity index is 360. The molecule has 0 amide bonds. The van der Waals surface area contributed by atoms with Crippen molar-refractivity contribution in [3.8, 4) is 0 Å². The summed E-state index contributed by atoms with van der Waals surface area (Å²) in [6, 6.07) is 5.79. The van der Waals surface area contributed by atoms with Gasteiger partial charge in [0.05, 0.1) is 5.56 Å². The van der Waals surface area contributed by atoms with Gasteiger partial charge >= 0.3 is 6.18 Å². The molecular formula is C11H12F3NS. The maximum absolute atomic E-state index is 12.6. The van der Waals surface area contributed by atoms with Crippen molar-refractivity contribution in [2.75, 3.05) is 13.1 Å². The number of rotatable bonds is 3. The number of halogens is 3. The highest BCUT2D eigenvalue weighted by molar-refractivity contribution is 7.99. The highest BCUT2D eigenvalue weighted by Crippen LogP contribution is 2.34. The average Bonchev–Trinajstić information content (AvgIpc) is 2.14. The van der Waals surface area contributed by atoms with Crippen molar-refractivity contribution in [3.63, 3.8) is 0 Å². The fourth-order valence-corrected chi connectivity index (χ4v) is 2.65. The molecule has 1 heterocycles. The van der Waals surface area contributed by atoms with Crippen LogP contribution in [0.5, 0.6) is 0 Å². The molecule has 1 nitrogen and oxygen atoms in total. The van der Waals surface area contributed by atoms with Gasteiger partial charge < -0.3 is 5.32 Å². The minimum Gasteiger partial charge on any atom is -0.314 e. The Labute approximate surface area is 96.4 Å². The number of nitrogens with one attached hydrogen (secondary N) is 1. The first-order valence-corrected chi connectivity index (χ1v) is 6.09. The molecule has 0 unspecified atom stereocenters. The van der Waals surface area contributed by atoms with Crippen molar-refractivity contribution < 1.29 is 13.2 Å². The second-order valence-corrected chi connectivity index (χ2v) is 5.03.